The summed E-state index contributed by atoms with van der Waals surface area (Å²) in [6.45, 7) is 8.48. The van der Waals surface area contributed by atoms with Gasteiger partial charge >= 0.3 is 0 Å². The van der Waals surface area contributed by atoms with Crippen LogP contribution in [0.4, 0.5) is 17.3 Å². The summed E-state index contributed by atoms with van der Waals surface area (Å²) in [7, 11) is 1.64. The third kappa shape index (κ3) is 5.51. The van der Waals surface area contributed by atoms with Crippen LogP contribution in [0.15, 0.2) is 36.8 Å². The number of nitrogens with zero attached hydrogens (tertiary/aromatic N) is 4. The van der Waals surface area contributed by atoms with E-state index in [0.29, 0.717) is 22.9 Å². The summed E-state index contributed by atoms with van der Waals surface area (Å²) >= 11 is 0. The maximum Gasteiger partial charge on any atom is 0.267 e. The van der Waals surface area contributed by atoms with Crippen LogP contribution in [-0.2, 0) is 0 Å². The minimum Gasteiger partial charge on any atom is -0.368 e. The summed E-state index contributed by atoms with van der Waals surface area (Å²) in [5, 5.41) is 17.3. The van der Waals surface area contributed by atoms with Crippen LogP contribution in [0.3, 0.4) is 0 Å². The number of carbonyl (C=O) groups is 1. The van der Waals surface area contributed by atoms with E-state index in [1.54, 1.807) is 13.1 Å². The van der Waals surface area contributed by atoms with Crippen molar-refractivity contribution in [2.75, 3.05) is 48.8 Å². The van der Waals surface area contributed by atoms with Gasteiger partial charge in [0, 0.05) is 57.1 Å². The monoisotopic (exact) mass is 504 g/mol. The molecule has 9 heteroatoms. The summed E-state index contributed by atoms with van der Waals surface area (Å²) in [5.74, 6) is 1.82. The number of amides is 1. The molecule has 198 valence electrons. The van der Waals surface area contributed by atoms with E-state index in [2.05, 4.69) is 43.4 Å². The lowest BCUT2D eigenvalue weighted by molar-refractivity contribution is 0.0952. The maximum atomic E-state index is 12.6. The first-order chi connectivity index (χ1) is 18.1. The molecule has 3 heterocycles. The highest BCUT2D eigenvalue weighted by Crippen LogP contribution is 2.36. The van der Waals surface area contributed by atoms with E-state index in [1.807, 2.05) is 16.8 Å². The second-order valence-corrected chi connectivity index (χ2v) is 10.5. The standard InChI is InChI=1S/C28H40N8O/c1-20(33-27-21(18-29)17-25(28(37)30-2)36(27)23-9-5-6-10-23)32-26-12-11-24(19-31-26)35-15-13-34(14-16-35)22-7-3-4-8-22/h11-12,17-19,22-23,29,33H,1,3-10,13-16H2,2H3,(H,30,37)(H,31,32). The van der Waals surface area contributed by atoms with Crippen LogP contribution in [0.5, 0.6) is 0 Å². The first-order valence-electron chi connectivity index (χ1n) is 13.7. The number of pyridine rings is 1. The average molecular weight is 505 g/mol. The number of hydrogen-bond acceptors (Lipinski definition) is 7. The van der Waals surface area contributed by atoms with Crippen LogP contribution in [0.2, 0.25) is 0 Å². The van der Waals surface area contributed by atoms with E-state index in [9.17, 15) is 4.79 Å². The van der Waals surface area contributed by atoms with Crippen LogP contribution < -0.4 is 20.9 Å². The summed E-state index contributed by atoms with van der Waals surface area (Å²) in [4.78, 5) is 22.3. The number of hydrogen-bond donors (Lipinski definition) is 4. The highest BCUT2D eigenvalue weighted by molar-refractivity contribution is 5.98. The normalized spacial score (nSPS) is 19.2. The smallest absolute Gasteiger partial charge is 0.267 e. The fraction of sp³-hybridized carbons (Fsp3) is 0.536. The molecule has 2 aromatic heterocycles. The number of nitrogens with one attached hydrogen (secondary N) is 4. The van der Waals surface area contributed by atoms with E-state index in [0.717, 1.165) is 69.4 Å². The number of piperazine rings is 1. The van der Waals surface area contributed by atoms with Crippen LogP contribution in [0.25, 0.3) is 0 Å². The molecule has 0 aromatic carbocycles. The molecule has 2 aromatic rings. The molecule has 3 aliphatic rings. The molecule has 5 rings (SSSR count). The minimum atomic E-state index is -0.150. The van der Waals surface area contributed by atoms with E-state index >= 15 is 0 Å². The van der Waals surface area contributed by atoms with Gasteiger partial charge in [0.1, 0.15) is 23.2 Å². The summed E-state index contributed by atoms with van der Waals surface area (Å²) in [6.07, 6.45) is 13.0. The topological polar surface area (TPSA) is 101 Å². The zero-order valence-corrected chi connectivity index (χ0v) is 21.9. The molecule has 4 N–H and O–H groups in total. The zero-order chi connectivity index (χ0) is 25.8. The number of anilines is 3. The number of carbonyl (C=O) groups excluding carboxylic acids is 1. The van der Waals surface area contributed by atoms with Gasteiger partial charge in [0.15, 0.2) is 0 Å². The number of rotatable bonds is 9. The van der Waals surface area contributed by atoms with Gasteiger partial charge in [0.25, 0.3) is 5.91 Å². The van der Waals surface area contributed by atoms with Gasteiger partial charge < -0.3 is 30.8 Å². The fourth-order valence-electron chi connectivity index (χ4n) is 6.22. The highest BCUT2D eigenvalue weighted by Gasteiger charge is 2.28. The quantitative estimate of drug-likeness (QED) is 0.377. The second-order valence-electron chi connectivity index (χ2n) is 10.5. The van der Waals surface area contributed by atoms with Gasteiger partial charge in [0.2, 0.25) is 0 Å². The van der Waals surface area contributed by atoms with Crippen molar-refractivity contribution >= 4 is 29.4 Å². The molecule has 2 saturated carbocycles. The highest BCUT2D eigenvalue weighted by atomic mass is 16.1. The third-order valence-electron chi connectivity index (χ3n) is 8.19. The SMILES string of the molecule is C=C(Nc1ccc(N2CCN(C3CCCC3)CC2)cn1)Nc1c(C=N)cc(C(=O)NC)n1C1CCCC1. The second kappa shape index (κ2) is 11.4. The molecule has 0 radical (unpaired) electrons. The molecule has 9 nitrogen and oxygen atoms in total. The van der Waals surface area contributed by atoms with Crippen molar-refractivity contribution in [1.29, 1.82) is 5.41 Å². The Hall–Kier alpha value is -3.33. The Morgan fingerprint density at radius 3 is 2.30 bits per heavy atom. The molecule has 0 unspecified atom stereocenters. The molecule has 1 saturated heterocycles. The molecule has 2 aliphatic carbocycles. The average Bonchev–Trinajstić information content (AvgIpc) is 3.70. The molecule has 1 amide bonds. The predicted octanol–water partition coefficient (Wildman–Crippen LogP) is 4.42. The van der Waals surface area contributed by atoms with Gasteiger partial charge in [-0.25, -0.2) is 4.98 Å². The molecule has 3 fully saturated rings. The Morgan fingerprint density at radius 1 is 1.03 bits per heavy atom. The fourth-order valence-corrected chi connectivity index (χ4v) is 6.22. The lowest BCUT2D eigenvalue weighted by Crippen LogP contribution is -2.49. The first-order valence-corrected chi connectivity index (χ1v) is 13.7. The van der Waals surface area contributed by atoms with Gasteiger partial charge in [-0.15, -0.1) is 0 Å². The van der Waals surface area contributed by atoms with Gasteiger partial charge in [0.05, 0.1) is 11.9 Å². The van der Waals surface area contributed by atoms with Crippen LogP contribution >= 0.6 is 0 Å². The van der Waals surface area contributed by atoms with Crippen LogP contribution in [-0.4, -0.2) is 65.8 Å². The van der Waals surface area contributed by atoms with Crippen molar-refractivity contribution < 1.29 is 4.79 Å². The Morgan fingerprint density at radius 2 is 1.70 bits per heavy atom. The molecular formula is C28H40N8O. The minimum absolute atomic E-state index is 0.150. The van der Waals surface area contributed by atoms with Crippen molar-refractivity contribution in [3.63, 3.8) is 0 Å². The van der Waals surface area contributed by atoms with Crippen molar-refractivity contribution in [3.05, 3.63) is 48.1 Å². The van der Waals surface area contributed by atoms with E-state index in [-0.39, 0.29) is 11.9 Å². The maximum absolute atomic E-state index is 12.6. The molecule has 37 heavy (non-hydrogen) atoms. The molecule has 0 spiro atoms. The van der Waals surface area contributed by atoms with Crippen molar-refractivity contribution in [1.82, 2.24) is 19.8 Å². The number of aromatic nitrogens is 2. The Balaban J connectivity index is 1.23. The Bertz CT molecular complexity index is 1100. The predicted molar refractivity (Wildman–Crippen MR) is 150 cm³/mol. The van der Waals surface area contributed by atoms with E-state index < -0.39 is 0 Å². The summed E-state index contributed by atoms with van der Waals surface area (Å²) in [6, 6.07) is 6.89. The molecular weight excluding hydrogens is 464 g/mol. The van der Waals surface area contributed by atoms with E-state index in [1.165, 1.54) is 31.9 Å². The van der Waals surface area contributed by atoms with Gasteiger partial charge in [-0.3, -0.25) is 9.69 Å². The largest absolute Gasteiger partial charge is 0.368 e. The van der Waals surface area contributed by atoms with Crippen LogP contribution in [0.1, 0.15) is 73.5 Å². The molecule has 1 aliphatic heterocycles. The lowest BCUT2D eigenvalue weighted by atomic mass is 10.1. The summed E-state index contributed by atoms with van der Waals surface area (Å²) < 4.78 is 2.04. The van der Waals surface area contributed by atoms with Crippen LogP contribution in [0, 0.1) is 5.41 Å². The third-order valence-corrected chi connectivity index (χ3v) is 8.19. The Kier molecular flexibility index (Phi) is 7.79. The van der Waals surface area contributed by atoms with Crippen molar-refractivity contribution in [2.24, 2.45) is 0 Å². The first kappa shape index (κ1) is 25.3. The lowest BCUT2D eigenvalue weighted by Gasteiger charge is -2.39. The Labute approximate surface area is 219 Å². The molecule has 0 atom stereocenters. The van der Waals surface area contributed by atoms with E-state index in [4.69, 9.17) is 5.41 Å². The van der Waals surface area contributed by atoms with Crippen molar-refractivity contribution in [3.8, 4) is 0 Å². The zero-order valence-electron chi connectivity index (χ0n) is 21.9. The van der Waals surface area contributed by atoms with Gasteiger partial charge in [-0.2, -0.15) is 0 Å². The molecule has 0 bridgehead atoms. The van der Waals surface area contributed by atoms with Crippen molar-refractivity contribution in [2.45, 2.75) is 63.5 Å². The van der Waals surface area contributed by atoms with Gasteiger partial charge in [-0.05, 0) is 43.9 Å². The van der Waals surface area contributed by atoms with Gasteiger partial charge in [-0.1, -0.05) is 32.3 Å². The summed E-state index contributed by atoms with van der Waals surface area (Å²) in [5.41, 5.74) is 2.37.